The highest BCUT2D eigenvalue weighted by molar-refractivity contribution is 7.99. The molecular formula is C23H32N6S. The molecule has 6 nitrogen and oxygen atoms in total. The van der Waals surface area contributed by atoms with E-state index in [9.17, 15) is 0 Å². The first-order valence-electron chi connectivity index (χ1n) is 11.0. The van der Waals surface area contributed by atoms with Gasteiger partial charge in [-0.3, -0.25) is 4.90 Å². The van der Waals surface area contributed by atoms with Crippen LogP contribution in [0.5, 0.6) is 0 Å². The number of aromatic nitrogens is 2. The molecule has 2 atom stereocenters. The number of hydrogen-bond acceptors (Lipinski definition) is 6. The van der Waals surface area contributed by atoms with Gasteiger partial charge < -0.3 is 15.1 Å². The van der Waals surface area contributed by atoms with Gasteiger partial charge in [-0.05, 0) is 25.5 Å². The van der Waals surface area contributed by atoms with Crippen LogP contribution < -0.4 is 10.2 Å². The summed E-state index contributed by atoms with van der Waals surface area (Å²) in [5, 5.41) is 8.49. The third-order valence-electron chi connectivity index (χ3n) is 6.64. The van der Waals surface area contributed by atoms with Gasteiger partial charge in [0.2, 0.25) is 0 Å². The summed E-state index contributed by atoms with van der Waals surface area (Å²) in [6, 6.07) is 13.7. The van der Waals surface area contributed by atoms with Gasteiger partial charge in [0.1, 0.15) is 5.82 Å². The van der Waals surface area contributed by atoms with Crippen LogP contribution in [0.2, 0.25) is 0 Å². The van der Waals surface area contributed by atoms with Crippen LogP contribution in [0.25, 0.3) is 5.69 Å². The molecule has 0 unspecified atom stereocenters. The van der Waals surface area contributed by atoms with Crippen LogP contribution in [0.15, 0.2) is 48.7 Å². The van der Waals surface area contributed by atoms with E-state index in [0.29, 0.717) is 12.1 Å². The van der Waals surface area contributed by atoms with Crippen molar-refractivity contribution in [3.8, 4) is 5.69 Å². The summed E-state index contributed by atoms with van der Waals surface area (Å²) in [5.74, 6) is 3.55. The Morgan fingerprint density at radius 1 is 1.13 bits per heavy atom. The molecule has 7 heteroatoms. The van der Waals surface area contributed by atoms with Crippen molar-refractivity contribution in [1.82, 2.24) is 24.9 Å². The van der Waals surface area contributed by atoms with Gasteiger partial charge in [0.25, 0.3) is 0 Å². The van der Waals surface area contributed by atoms with Crippen LogP contribution in [0.1, 0.15) is 12.1 Å². The van der Waals surface area contributed by atoms with Gasteiger partial charge in [-0.25, -0.2) is 4.68 Å². The molecule has 0 radical (unpaired) electrons. The Morgan fingerprint density at radius 3 is 2.67 bits per heavy atom. The van der Waals surface area contributed by atoms with Crippen LogP contribution in [0.3, 0.4) is 0 Å². The van der Waals surface area contributed by atoms with Crippen LogP contribution in [0, 0.1) is 6.92 Å². The maximum absolute atomic E-state index is 4.75. The second-order valence-electron chi connectivity index (χ2n) is 8.56. The number of thioether (sulfide) groups is 1. The number of para-hydroxylation sites is 1. The number of nitrogens with one attached hydrogen (secondary N) is 1. The van der Waals surface area contributed by atoms with Gasteiger partial charge in [-0.15, -0.1) is 11.8 Å². The summed E-state index contributed by atoms with van der Waals surface area (Å²) < 4.78 is 2.09. The molecule has 1 aromatic heterocycles. The highest BCUT2D eigenvalue weighted by Crippen LogP contribution is 2.27. The minimum atomic E-state index is 0.439. The molecule has 160 valence electrons. The Balaban J connectivity index is 1.20. The molecule has 1 aromatic carbocycles. The summed E-state index contributed by atoms with van der Waals surface area (Å²) in [5.41, 5.74) is 3.49. The van der Waals surface area contributed by atoms with Crippen molar-refractivity contribution >= 4 is 17.6 Å². The van der Waals surface area contributed by atoms with Crippen molar-refractivity contribution < 1.29 is 0 Å². The number of aryl methyl sites for hydroxylation is 1. The molecule has 3 aliphatic heterocycles. The van der Waals surface area contributed by atoms with E-state index >= 15 is 0 Å². The number of rotatable bonds is 5. The zero-order valence-electron chi connectivity index (χ0n) is 17.8. The Hall–Kier alpha value is -1.96. The fraction of sp³-hybridized carbons (Fsp3) is 0.522. The number of benzene rings is 1. The van der Waals surface area contributed by atoms with Crippen LogP contribution >= 0.6 is 11.8 Å². The minimum Gasteiger partial charge on any atom is -0.364 e. The van der Waals surface area contributed by atoms with Crippen molar-refractivity contribution in [2.24, 2.45) is 0 Å². The fourth-order valence-electron chi connectivity index (χ4n) is 4.90. The van der Waals surface area contributed by atoms with Crippen molar-refractivity contribution in [3.63, 3.8) is 0 Å². The molecule has 0 aliphatic carbocycles. The molecule has 30 heavy (non-hydrogen) atoms. The van der Waals surface area contributed by atoms with E-state index in [4.69, 9.17) is 5.10 Å². The van der Waals surface area contributed by atoms with E-state index in [2.05, 4.69) is 74.6 Å². The van der Waals surface area contributed by atoms with Crippen molar-refractivity contribution in [2.75, 3.05) is 55.8 Å². The van der Waals surface area contributed by atoms with Crippen molar-refractivity contribution in [1.29, 1.82) is 0 Å². The van der Waals surface area contributed by atoms with E-state index in [1.54, 1.807) is 0 Å². The largest absolute Gasteiger partial charge is 0.364 e. The standard InChI is InChI=1S/C23H32N6S/c1-18-14-23(29(25-18)20-6-4-3-5-7-20)27-10-8-26(9-11-27)21-15-22(24-16-21)19(2)28-12-13-30-17-28/h3-7,14,21-22,24H,2,8-13,15-17H2,1H3/t21-,22-/m0/s1. The highest BCUT2D eigenvalue weighted by Gasteiger charge is 2.34. The van der Waals surface area contributed by atoms with Gasteiger partial charge in [0.05, 0.1) is 17.3 Å². The molecule has 1 N–H and O–H groups in total. The average Bonchev–Trinajstić information content (AvgIpc) is 3.55. The number of nitrogens with zero attached hydrogens (tertiary/aromatic N) is 5. The molecule has 3 saturated heterocycles. The first-order chi connectivity index (χ1) is 14.7. The van der Waals surface area contributed by atoms with E-state index in [-0.39, 0.29) is 0 Å². The van der Waals surface area contributed by atoms with Gasteiger partial charge in [-0.1, -0.05) is 24.8 Å². The van der Waals surface area contributed by atoms with Gasteiger partial charge in [0, 0.05) is 68.9 Å². The number of anilines is 1. The normalized spacial score (nSPS) is 25.2. The smallest absolute Gasteiger partial charge is 0.132 e. The quantitative estimate of drug-likeness (QED) is 0.796. The monoisotopic (exact) mass is 424 g/mol. The molecule has 0 amide bonds. The molecule has 3 fully saturated rings. The Kier molecular flexibility index (Phi) is 5.76. The Bertz CT molecular complexity index is 867. The predicted octanol–water partition coefficient (Wildman–Crippen LogP) is 2.55. The first kappa shape index (κ1) is 20.0. The molecule has 0 spiro atoms. The van der Waals surface area contributed by atoms with E-state index in [0.717, 1.165) is 56.5 Å². The van der Waals surface area contributed by atoms with Gasteiger partial charge >= 0.3 is 0 Å². The zero-order valence-corrected chi connectivity index (χ0v) is 18.7. The second-order valence-corrected chi connectivity index (χ2v) is 9.63. The third kappa shape index (κ3) is 3.98. The lowest BCUT2D eigenvalue weighted by Gasteiger charge is -2.39. The first-order valence-corrected chi connectivity index (χ1v) is 12.2. The lowest BCUT2D eigenvalue weighted by molar-refractivity contribution is 0.194. The summed E-state index contributed by atoms with van der Waals surface area (Å²) in [4.78, 5) is 7.62. The third-order valence-corrected chi connectivity index (χ3v) is 7.60. The summed E-state index contributed by atoms with van der Waals surface area (Å²) in [6.07, 6.45) is 1.18. The molecule has 2 aromatic rings. The SMILES string of the molecule is C=C([C@@H]1C[C@H](N2CCN(c3cc(C)nn3-c3ccccc3)CC2)CN1)N1CCSC1. The zero-order chi connectivity index (χ0) is 20.5. The molecule has 5 rings (SSSR count). The minimum absolute atomic E-state index is 0.439. The maximum Gasteiger partial charge on any atom is 0.132 e. The lowest BCUT2D eigenvalue weighted by Crippen LogP contribution is -2.51. The lowest BCUT2D eigenvalue weighted by atomic mass is 10.1. The molecule has 0 saturated carbocycles. The molecule has 0 bridgehead atoms. The predicted molar refractivity (Wildman–Crippen MR) is 125 cm³/mol. The van der Waals surface area contributed by atoms with Crippen molar-refractivity contribution in [2.45, 2.75) is 25.4 Å². The summed E-state index contributed by atoms with van der Waals surface area (Å²) >= 11 is 2.01. The van der Waals surface area contributed by atoms with E-state index in [1.165, 1.54) is 23.7 Å². The van der Waals surface area contributed by atoms with Crippen LogP contribution in [0.4, 0.5) is 5.82 Å². The highest BCUT2D eigenvalue weighted by atomic mass is 32.2. The van der Waals surface area contributed by atoms with Crippen LogP contribution in [-0.2, 0) is 0 Å². The maximum atomic E-state index is 4.75. The summed E-state index contributed by atoms with van der Waals surface area (Å²) in [6.45, 7) is 13.0. The Morgan fingerprint density at radius 2 is 1.93 bits per heavy atom. The van der Waals surface area contributed by atoms with Crippen LogP contribution in [-0.4, -0.2) is 82.6 Å². The topological polar surface area (TPSA) is 39.6 Å². The molecule has 3 aliphatic rings. The van der Waals surface area contributed by atoms with Gasteiger partial charge in [-0.2, -0.15) is 5.10 Å². The summed E-state index contributed by atoms with van der Waals surface area (Å²) in [7, 11) is 0. The fourth-order valence-corrected chi connectivity index (χ4v) is 5.89. The Labute approximate surface area is 183 Å². The van der Waals surface area contributed by atoms with E-state index < -0.39 is 0 Å². The van der Waals surface area contributed by atoms with Gasteiger partial charge in [0.15, 0.2) is 0 Å². The molecule has 4 heterocycles. The number of piperazine rings is 1. The number of hydrogen-bond donors (Lipinski definition) is 1. The van der Waals surface area contributed by atoms with E-state index in [1.807, 2.05) is 11.8 Å². The average molecular weight is 425 g/mol. The molecular weight excluding hydrogens is 392 g/mol. The second kappa shape index (κ2) is 8.65. The van der Waals surface area contributed by atoms with Crippen molar-refractivity contribution in [3.05, 3.63) is 54.4 Å².